The molecule has 4 heterocycles. The number of benzene rings is 1. The second-order valence-electron chi connectivity index (χ2n) is 6.49. The Morgan fingerprint density at radius 3 is 2.88 bits per heavy atom. The van der Waals surface area contributed by atoms with Gasteiger partial charge in [0.25, 0.3) is 0 Å². The summed E-state index contributed by atoms with van der Waals surface area (Å²) in [6, 6.07) is 10.3. The molecule has 1 aliphatic heterocycles. The molecule has 1 aromatic carbocycles. The van der Waals surface area contributed by atoms with E-state index in [0.29, 0.717) is 0 Å². The molecule has 0 unspecified atom stereocenters. The summed E-state index contributed by atoms with van der Waals surface area (Å²) in [6.45, 7) is 2.69. The molecular formula is C18H18N8. The number of hydrogen-bond acceptors (Lipinski definition) is 6. The minimum absolute atomic E-state index is 0.252. The standard InChI is InChI=1S/C18H18N8/c1-12-22-17(24-13-7-8-16-19-11-21-25(16)10-13)15-9-20-26(18(15)23-12)14-5-3-2-4-6-14/h2-6,9,11,13H,7-8,10H2,1H3,(H,22,23,24)/t13-/m0/s1. The van der Waals surface area contributed by atoms with Crippen LogP contribution in [-0.4, -0.2) is 40.6 Å². The van der Waals surface area contributed by atoms with Gasteiger partial charge in [-0.2, -0.15) is 10.2 Å². The molecule has 26 heavy (non-hydrogen) atoms. The van der Waals surface area contributed by atoms with E-state index in [1.807, 2.05) is 52.8 Å². The van der Waals surface area contributed by atoms with Crippen LogP contribution in [0.2, 0.25) is 0 Å². The number of rotatable bonds is 3. The highest BCUT2D eigenvalue weighted by Crippen LogP contribution is 2.25. The summed E-state index contributed by atoms with van der Waals surface area (Å²) in [5, 5.41) is 13.3. The Morgan fingerprint density at radius 1 is 1.12 bits per heavy atom. The summed E-state index contributed by atoms with van der Waals surface area (Å²) in [6.07, 6.45) is 5.35. The second kappa shape index (κ2) is 5.91. The zero-order valence-electron chi connectivity index (χ0n) is 14.4. The van der Waals surface area contributed by atoms with Gasteiger partial charge in [0.15, 0.2) is 5.65 Å². The van der Waals surface area contributed by atoms with Crippen molar-refractivity contribution in [2.75, 3.05) is 5.32 Å². The molecule has 0 radical (unpaired) electrons. The molecule has 1 N–H and O–H groups in total. The highest BCUT2D eigenvalue weighted by Gasteiger charge is 2.22. The first kappa shape index (κ1) is 15.0. The predicted molar refractivity (Wildman–Crippen MR) is 97.2 cm³/mol. The van der Waals surface area contributed by atoms with Gasteiger partial charge in [0.05, 0.1) is 23.8 Å². The van der Waals surface area contributed by atoms with E-state index in [0.717, 1.165) is 53.6 Å². The molecule has 8 heteroatoms. The summed E-state index contributed by atoms with van der Waals surface area (Å²) < 4.78 is 3.81. The van der Waals surface area contributed by atoms with E-state index in [-0.39, 0.29) is 6.04 Å². The topological polar surface area (TPSA) is 86.3 Å². The van der Waals surface area contributed by atoms with Crippen molar-refractivity contribution in [2.24, 2.45) is 0 Å². The smallest absolute Gasteiger partial charge is 0.168 e. The predicted octanol–water partition coefficient (Wildman–Crippen LogP) is 2.14. The van der Waals surface area contributed by atoms with Gasteiger partial charge in [-0.1, -0.05) is 18.2 Å². The van der Waals surface area contributed by atoms with Crippen LogP contribution in [0.1, 0.15) is 18.1 Å². The summed E-state index contributed by atoms with van der Waals surface area (Å²) in [5.41, 5.74) is 1.79. The maximum absolute atomic E-state index is 4.63. The number of aromatic nitrogens is 7. The van der Waals surface area contributed by atoms with Gasteiger partial charge < -0.3 is 5.32 Å². The Hall–Kier alpha value is -3.29. The summed E-state index contributed by atoms with van der Waals surface area (Å²) in [4.78, 5) is 13.5. The average Bonchev–Trinajstić information content (AvgIpc) is 3.28. The molecule has 3 aromatic heterocycles. The van der Waals surface area contributed by atoms with E-state index in [1.165, 1.54) is 0 Å². The number of fused-ring (bicyclic) bond motifs is 2. The number of nitrogens with one attached hydrogen (secondary N) is 1. The molecule has 5 rings (SSSR count). The molecule has 4 aromatic rings. The lowest BCUT2D eigenvalue weighted by molar-refractivity contribution is 0.441. The van der Waals surface area contributed by atoms with Gasteiger partial charge in [-0.15, -0.1) is 0 Å². The lowest BCUT2D eigenvalue weighted by atomic mass is 10.1. The molecule has 130 valence electrons. The molecule has 0 saturated heterocycles. The third kappa shape index (κ3) is 2.50. The molecule has 0 bridgehead atoms. The van der Waals surface area contributed by atoms with Gasteiger partial charge in [0.2, 0.25) is 0 Å². The van der Waals surface area contributed by atoms with Crippen LogP contribution in [0.3, 0.4) is 0 Å². The van der Waals surface area contributed by atoms with Gasteiger partial charge in [-0.3, -0.25) is 0 Å². The van der Waals surface area contributed by atoms with Crippen molar-refractivity contribution < 1.29 is 0 Å². The van der Waals surface area contributed by atoms with Crippen molar-refractivity contribution in [3.8, 4) is 5.69 Å². The van der Waals surface area contributed by atoms with Crippen molar-refractivity contribution in [2.45, 2.75) is 32.4 Å². The summed E-state index contributed by atoms with van der Waals surface area (Å²) in [7, 11) is 0. The summed E-state index contributed by atoms with van der Waals surface area (Å²) in [5.74, 6) is 2.59. The van der Waals surface area contributed by atoms with Crippen molar-refractivity contribution >= 4 is 16.9 Å². The van der Waals surface area contributed by atoms with Gasteiger partial charge in [0, 0.05) is 12.5 Å². The first-order valence-electron chi connectivity index (χ1n) is 8.69. The monoisotopic (exact) mass is 346 g/mol. The lowest BCUT2D eigenvalue weighted by Gasteiger charge is -2.24. The Bertz CT molecular complexity index is 1070. The van der Waals surface area contributed by atoms with Crippen LogP contribution >= 0.6 is 0 Å². The molecular weight excluding hydrogens is 328 g/mol. The van der Waals surface area contributed by atoms with E-state index in [2.05, 4.69) is 30.5 Å². The maximum atomic E-state index is 4.63. The van der Waals surface area contributed by atoms with E-state index >= 15 is 0 Å². The van der Waals surface area contributed by atoms with Gasteiger partial charge >= 0.3 is 0 Å². The Labute approximate surface area is 149 Å². The Morgan fingerprint density at radius 2 is 2.00 bits per heavy atom. The van der Waals surface area contributed by atoms with Crippen molar-refractivity contribution in [3.05, 3.63) is 54.5 Å². The molecule has 1 aliphatic rings. The van der Waals surface area contributed by atoms with E-state index in [1.54, 1.807) is 6.33 Å². The zero-order valence-corrected chi connectivity index (χ0v) is 14.4. The third-order valence-electron chi connectivity index (χ3n) is 4.69. The SMILES string of the molecule is Cc1nc(N[C@H]2CCc3ncnn3C2)c2cnn(-c3ccccc3)c2n1. The van der Waals surface area contributed by atoms with Crippen LogP contribution < -0.4 is 5.32 Å². The molecule has 0 fully saturated rings. The molecule has 1 atom stereocenters. The second-order valence-corrected chi connectivity index (χ2v) is 6.49. The Balaban J connectivity index is 1.52. The van der Waals surface area contributed by atoms with E-state index < -0.39 is 0 Å². The summed E-state index contributed by atoms with van der Waals surface area (Å²) >= 11 is 0. The number of hydrogen-bond donors (Lipinski definition) is 1. The van der Waals surface area contributed by atoms with Crippen LogP contribution in [0.15, 0.2) is 42.9 Å². The quantitative estimate of drug-likeness (QED) is 0.612. The minimum Gasteiger partial charge on any atom is -0.365 e. The van der Waals surface area contributed by atoms with Crippen LogP contribution in [0.5, 0.6) is 0 Å². The highest BCUT2D eigenvalue weighted by molar-refractivity contribution is 5.87. The van der Waals surface area contributed by atoms with Crippen LogP contribution in [-0.2, 0) is 13.0 Å². The molecule has 0 saturated carbocycles. The molecule has 8 nitrogen and oxygen atoms in total. The van der Waals surface area contributed by atoms with Gasteiger partial charge in [-0.25, -0.2) is 24.3 Å². The fraction of sp³-hybridized carbons (Fsp3) is 0.278. The van der Waals surface area contributed by atoms with Crippen molar-refractivity contribution in [1.82, 2.24) is 34.5 Å². The third-order valence-corrected chi connectivity index (χ3v) is 4.69. The molecule has 0 aliphatic carbocycles. The number of para-hydroxylation sites is 1. The number of nitrogens with zero attached hydrogens (tertiary/aromatic N) is 7. The van der Waals surface area contributed by atoms with Crippen molar-refractivity contribution in [1.29, 1.82) is 0 Å². The lowest BCUT2D eigenvalue weighted by Crippen LogP contribution is -2.32. The average molecular weight is 346 g/mol. The van der Waals surface area contributed by atoms with Crippen LogP contribution in [0.25, 0.3) is 16.7 Å². The zero-order chi connectivity index (χ0) is 17.5. The van der Waals surface area contributed by atoms with Crippen LogP contribution in [0.4, 0.5) is 5.82 Å². The number of aryl methyl sites for hydroxylation is 2. The molecule has 0 spiro atoms. The molecule has 0 amide bonds. The fourth-order valence-corrected chi connectivity index (χ4v) is 3.43. The van der Waals surface area contributed by atoms with Gasteiger partial charge in [-0.05, 0) is 25.5 Å². The normalized spacial score (nSPS) is 16.6. The first-order chi connectivity index (χ1) is 12.8. The van der Waals surface area contributed by atoms with E-state index in [9.17, 15) is 0 Å². The largest absolute Gasteiger partial charge is 0.365 e. The first-order valence-corrected chi connectivity index (χ1v) is 8.69. The highest BCUT2D eigenvalue weighted by atomic mass is 15.4. The van der Waals surface area contributed by atoms with E-state index in [4.69, 9.17) is 0 Å². The maximum Gasteiger partial charge on any atom is 0.168 e. The van der Waals surface area contributed by atoms with Gasteiger partial charge in [0.1, 0.15) is 23.8 Å². The Kier molecular flexibility index (Phi) is 3.41. The van der Waals surface area contributed by atoms with Crippen LogP contribution in [0, 0.1) is 6.92 Å². The fourth-order valence-electron chi connectivity index (χ4n) is 3.43. The van der Waals surface area contributed by atoms with Crippen molar-refractivity contribution in [3.63, 3.8) is 0 Å². The minimum atomic E-state index is 0.252. The number of anilines is 1.